The number of likely N-dealkylation sites (N-methyl/N-ethyl adjacent to an activating group) is 1. The fourth-order valence-corrected chi connectivity index (χ4v) is 1.85. The molecule has 0 aliphatic carbocycles. The number of rotatable bonds is 3. The summed E-state index contributed by atoms with van der Waals surface area (Å²) in [5, 5.41) is 11.4. The molecule has 1 saturated heterocycles. The van der Waals surface area contributed by atoms with Gasteiger partial charge < -0.3 is 10.9 Å². The van der Waals surface area contributed by atoms with Gasteiger partial charge in [0, 0.05) is 38.1 Å². The highest BCUT2D eigenvalue weighted by molar-refractivity contribution is 5.79. The predicted molar refractivity (Wildman–Crippen MR) is 61.2 cm³/mol. The van der Waals surface area contributed by atoms with Crippen LogP contribution in [0.4, 0.5) is 0 Å². The standard InChI is InChI=1S/C10H22N4O/c1-10(2)8-14(7-6-13(10)3)5-4-9(11)12-15/h15H,4-8H2,1-3H3,(H2,11,12). The van der Waals surface area contributed by atoms with Gasteiger partial charge in [-0.25, -0.2) is 0 Å². The summed E-state index contributed by atoms with van der Waals surface area (Å²) in [4.78, 5) is 4.73. The fraction of sp³-hybridized carbons (Fsp3) is 0.900. The second-order valence-electron chi connectivity index (χ2n) is 4.85. The first-order chi connectivity index (χ1) is 6.95. The number of nitrogens with two attached hydrogens (primary N) is 1. The highest BCUT2D eigenvalue weighted by Gasteiger charge is 2.30. The average Bonchev–Trinajstić information content (AvgIpc) is 2.19. The van der Waals surface area contributed by atoms with Gasteiger partial charge in [-0.05, 0) is 20.9 Å². The van der Waals surface area contributed by atoms with E-state index in [0.29, 0.717) is 12.3 Å². The van der Waals surface area contributed by atoms with Crippen LogP contribution in [0.5, 0.6) is 0 Å². The van der Waals surface area contributed by atoms with Gasteiger partial charge in [0.05, 0.1) is 0 Å². The quantitative estimate of drug-likeness (QED) is 0.304. The van der Waals surface area contributed by atoms with Gasteiger partial charge >= 0.3 is 0 Å². The number of hydrogen-bond donors (Lipinski definition) is 2. The molecular formula is C10H22N4O. The Kier molecular flexibility index (Phi) is 3.93. The topological polar surface area (TPSA) is 65.1 Å². The Labute approximate surface area is 91.5 Å². The molecule has 15 heavy (non-hydrogen) atoms. The number of amidine groups is 1. The third-order valence-electron chi connectivity index (χ3n) is 3.21. The van der Waals surface area contributed by atoms with E-state index in [1.165, 1.54) is 0 Å². The lowest BCUT2D eigenvalue weighted by Gasteiger charge is -2.45. The molecule has 0 aromatic heterocycles. The van der Waals surface area contributed by atoms with E-state index in [9.17, 15) is 0 Å². The summed E-state index contributed by atoms with van der Waals surface area (Å²) in [6, 6.07) is 0. The Bertz CT molecular complexity index is 240. The van der Waals surface area contributed by atoms with Crippen LogP contribution in [-0.2, 0) is 0 Å². The zero-order valence-corrected chi connectivity index (χ0v) is 9.90. The van der Waals surface area contributed by atoms with E-state index in [1.807, 2.05) is 0 Å². The number of oxime groups is 1. The largest absolute Gasteiger partial charge is 0.409 e. The SMILES string of the molecule is CN1CCN(CCC(N)=NO)CC1(C)C. The van der Waals surface area contributed by atoms with Crippen LogP contribution in [0.1, 0.15) is 20.3 Å². The normalized spacial score (nSPS) is 24.3. The van der Waals surface area contributed by atoms with Crippen molar-refractivity contribution in [2.75, 3.05) is 33.2 Å². The minimum absolute atomic E-state index is 0.212. The van der Waals surface area contributed by atoms with Crippen molar-refractivity contribution in [1.29, 1.82) is 0 Å². The van der Waals surface area contributed by atoms with E-state index in [4.69, 9.17) is 10.9 Å². The molecule has 1 fully saturated rings. The van der Waals surface area contributed by atoms with Gasteiger partial charge in [0.1, 0.15) is 5.84 Å². The predicted octanol–water partition coefficient (Wildman–Crippen LogP) is 0.149. The third kappa shape index (κ3) is 3.35. The van der Waals surface area contributed by atoms with Crippen molar-refractivity contribution in [1.82, 2.24) is 9.80 Å². The molecule has 5 heteroatoms. The molecule has 1 aliphatic rings. The molecule has 0 bridgehead atoms. The lowest BCUT2D eigenvalue weighted by molar-refractivity contribution is 0.0415. The van der Waals surface area contributed by atoms with Gasteiger partial charge in [-0.15, -0.1) is 0 Å². The lowest BCUT2D eigenvalue weighted by atomic mass is 10.00. The molecule has 88 valence electrons. The van der Waals surface area contributed by atoms with E-state index in [0.717, 1.165) is 26.2 Å². The van der Waals surface area contributed by atoms with Crippen LogP contribution >= 0.6 is 0 Å². The summed E-state index contributed by atoms with van der Waals surface area (Å²) in [5.41, 5.74) is 5.66. The maximum absolute atomic E-state index is 8.45. The minimum Gasteiger partial charge on any atom is -0.409 e. The van der Waals surface area contributed by atoms with Crippen LogP contribution < -0.4 is 5.73 Å². The summed E-state index contributed by atoms with van der Waals surface area (Å²) in [6.07, 6.45) is 0.635. The van der Waals surface area contributed by atoms with E-state index >= 15 is 0 Å². The molecule has 1 rings (SSSR count). The Balaban J connectivity index is 2.39. The van der Waals surface area contributed by atoms with E-state index in [2.05, 4.69) is 35.9 Å². The second kappa shape index (κ2) is 4.81. The fourth-order valence-electron chi connectivity index (χ4n) is 1.85. The van der Waals surface area contributed by atoms with Crippen molar-refractivity contribution >= 4 is 5.84 Å². The summed E-state index contributed by atoms with van der Waals surface area (Å²) < 4.78 is 0. The molecule has 0 spiro atoms. The van der Waals surface area contributed by atoms with Gasteiger partial charge in [0.2, 0.25) is 0 Å². The minimum atomic E-state index is 0.212. The molecule has 0 atom stereocenters. The molecule has 0 saturated carbocycles. The molecule has 5 nitrogen and oxygen atoms in total. The van der Waals surface area contributed by atoms with Gasteiger partial charge in [0.25, 0.3) is 0 Å². The molecule has 0 amide bonds. The Morgan fingerprint density at radius 2 is 2.13 bits per heavy atom. The number of nitrogens with zero attached hydrogens (tertiary/aromatic N) is 3. The van der Waals surface area contributed by atoms with Crippen LogP contribution in [0, 0.1) is 0 Å². The van der Waals surface area contributed by atoms with Crippen LogP contribution in [-0.4, -0.2) is 59.6 Å². The summed E-state index contributed by atoms with van der Waals surface area (Å²) in [7, 11) is 2.15. The molecule has 0 radical (unpaired) electrons. The van der Waals surface area contributed by atoms with E-state index in [1.54, 1.807) is 0 Å². The van der Waals surface area contributed by atoms with Crippen LogP contribution in [0.3, 0.4) is 0 Å². The van der Waals surface area contributed by atoms with Crippen LogP contribution in [0.15, 0.2) is 5.16 Å². The van der Waals surface area contributed by atoms with Gasteiger partial charge in [-0.2, -0.15) is 0 Å². The summed E-state index contributed by atoms with van der Waals surface area (Å²) >= 11 is 0. The van der Waals surface area contributed by atoms with Crippen LogP contribution in [0.2, 0.25) is 0 Å². The molecule has 0 aromatic carbocycles. The average molecular weight is 214 g/mol. The summed E-state index contributed by atoms with van der Waals surface area (Å²) in [6.45, 7) is 8.50. The second-order valence-corrected chi connectivity index (χ2v) is 4.85. The van der Waals surface area contributed by atoms with Gasteiger partial charge in [-0.1, -0.05) is 5.16 Å². The third-order valence-corrected chi connectivity index (χ3v) is 3.21. The van der Waals surface area contributed by atoms with Crippen molar-refractivity contribution in [3.05, 3.63) is 0 Å². The summed E-state index contributed by atoms with van der Waals surface area (Å²) in [5.74, 6) is 0.312. The molecule has 0 unspecified atom stereocenters. The highest BCUT2D eigenvalue weighted by atomic mass is 16.4. The monoisotopic (exact) mass is 214 g/mol. The molecule has 0 aromatic rings. The molecule has 1 heterocycles. The zero-order valence-electron chi connectivity index (χ0n) is 9.90. The zero-order chi connectivity index (χ0) is 11.5. The first-order valence-corrected chi connectivity index (χ1v) is 5.36. The Morgan fingerprint density at radius 3 is 2.67 bits per heavy atom. The van der Waals surface area contributed by atoms with Crippen molar-refractivity contribution < 1.29 is 5.21 Å². The van der Waals surface area contributed by atoms with Gasteiger partial charge in [-0.3, -0.25) is 9.80 Å². The number of hydrogen-bond acceptors (Lipinski definition) is 4. The van der Waals surface area contributed by atoms with Crippen molar-refractivity contribution in [3.8, 4) is 0 Å². The Hall–Kier alpha value is -0.810. The molecular weight excluding hydrogens is 192 g/mol. The molecule has 1 aliphatic heterocycles. The first kappa shape index (κ1) is 12.3. The van der Waals surface area contributed by atoms with Crippen LogP contribution in [0.25, 0.3) is 0 Å². The van der Waals surface area contributed by atoms with Crippen molar-refractivity contribution in [2.24, 2.45) is 10.9 Å². The van der Waals surface area contributed by atoms with E-state index in [-0.39, 0.29) is 5.54 Å². The smallest absolute Gasteiger partial charge is 0.140 e. The van der Waals surface area contributed by atoms with Crippen molar-refractivity contribution in [2.45, 2.75) is 25.8 Å². The lowest BCUT2D eigenvalue weighted by Crippen LogP contribution is -2.57. The Morgan fingerprint density at radius 1 is 1.47 bits per heavy atom. The number of piperazine rings is 1. The first-order valence-electron chi connectivity index (χ1n) is 5.36. The van der Waals surface area contributed by atoms with Gasteiger partial charge in [0.15, 0.2) is 0 Å². The van der Waals surface area contributed by atoms with E-state index < -0.39 is 0 Å². The molecule has 3 N–H and O–H groups in total. The van der Waals surface area contributed by atoms with Crippen molar-refractivity contribution in [3.63, 3.8) is 0 Å². The maximum atomic E-state index is 8.45. The highest BCUT2D eigenvalue weighted by Crippen LogP contribution is 2.18. The maximum Gasteiger partial charge on any atom is 0.140 e.